The van der Waals surface area contributed by atoms with E-state index in [9.17, 15) is 4.79 Å². The van der Waals surface area contributed by atoms with Gasteiger partial charge in [-0.2, -0.15) is 4.98 Å². The third kappa shape index (κ3) is 2.64. The molecular formula is C15H23N3O3. The van der Waals surface area contributed by atoms with Crippen molar-refractivity contribution in [3.8, 4) is 6.01 Å². The Morgan fingerprint density at radius 2 is 2.05 bits per heavy atom. The molecule has 2 aliphatic rings. The molecule has 1 atom stereocenters. The maximum atomic E-state index is 11.9. The summed E-state index contributed by atoms with van der Waals surface area (Å²) in [6.45, 7) is 1.42. The minimum atomic E-state index is -0.509. The van der Waals surface area contributed by atoms with Gasteiger partial charge in [-0.25, -0.2) is 9.36 Å². The summed E-state index contributed by atoms with van der Waals surface area (Å²) >= 11 is 0. The summed E-state index contributed by atoms with van der Waals surface area (Å²) in [5.41, 5.74) is 7.50. The summed E-state index contributed by atoms with van der Waals surface area (Å²) in [4.78, 5) is 16.5. The van der Waals surface area contributed by atoms with Crippen molar-refractivity contribution in [1.82, 2.24) is 9.55 Å². The number of amides is 1. The Labute approximate surface area is 124 Å². The molecule has 2 fully saturated rings. The molecule has 1 aromatic rings. The van der Waals surface area contributed by atoms with Gasteiger partial charge >= 0.3 is 12.0 Å². The first-order chi connectivity index (χ1) is 10.2. The number of methoxy groups -OCH3 is 1. The molecule has 0 bridgehead atoms. The van der Waals surface area contributed by atoms with Crippen LogP contribution >= 0.6 is 0 Å². The number of primary amides is 1. The Morgan fingerprint density at radius 1 is 1.29 bits per heavy atom. The number of carbonyl (C=O) groups is 1. The van der Waals surface area contributed by atoms with Gasteiger partial charge in [-0.15, -0.1) is 0 Å². The third-order valence-corrected chi connectivity index (χ3v) is 4.62. The Balaban J connectivity index is 2.06. The number of aromatic nitrogens is 2. The largest absolute Gasteiger partial charge is 0.468 e. The summed E-state index contributed by atoms with van der Waals surface area (Å²) in [6.07, 6.45) is 6.76. The Kier molecular flexibility index (Phi) is 4.14. The average molecular weight is 293 g/mol. The second-order valence-corrected chi connectivity index (χ2v) is 5.94. The van der Waals surface area contributed by atoms with Crippen molar-refractivity contribution in [1.29, 1.82) is 0 Å². The van der Waals surface area contributed by atoms with Crippen LogP contribution < -0.4 is 10.5 Å². The predicted molar refractivity (Wildman–Crippen MR) is 77.8 cm³/mol. The lowest BCUT2D eigenvalue weighted by atomic mass is 9.84. The molecule has 1 aliphatic heterocycles. The highest BCUT2D eigenvalue weighted by Gasteiger charge is 2.33. The van der Waals surface area contributed by atoms with Gasteiger partial charge in [-0.05, 0) is 19.3 Å². The van der Waals surface area contributed by atoms with E-state index >= 15 is 0 Å². The van der Waals surface area contributed by atoms with Gasteiger partial charge in [-0.3, -0.25) is 0 Å². The van der Waals surface area contributed by atoms with Crippen LogP contribution in [0.3, 0.4) is 0 Å². The van der Waals surface area contributed by atoms with Crippen molar-refractivity contribution >= 4 is 6.03 Å². The van der Waals surface area contributed by atoms with Crippen LogP contribution in [-0.2, 0) is 4.74 Å². The van der Waals surface area contributed by atoms with Crippen LogP contribution in [0.15, 0.2) is 0 Å². The number of hydrogen-bond donors (Lipinski definition) is 1. The summed E-state index contributed by atoms with van der Waals surface area (Å²) in [5, 5.41) is 0. The number of ether oxygens (including phenoxy) is 2. The topological polar surface area (TPSA) is 79.4 Å². The van der Waals surface area contributed by atoms with Gasteiger partial charge in [0.15, 0.2) is 0 Å². The Morgan fingerprint density at radius 3 is 2.62 bits per heavy atom. The van der Waals surface area contributed by atoms with Gasteiger partial charge in [0.2, 0.25) is 0 Å². The van der Waals surface area contributed by atoms with Crippen molar-refractivity contribution in [3.63, 3.8) is 0 Å². The predicted octanol–water partition coefficient (Wildman–Crippen LogP) is 2.37. The van der Waals surface area contributed by atoms with Gasteiger partial charge in [0.1, 0.15) is 0 Å². The molecule has 1 aliphatic carbocycles. The molecule has 1 amide bonds. The van der Waals surface area contributed by atoms with Crippen LogP contribution in [0.5, 0.6) is 6.01 Å². The minimum absolute atomic E-state index is 0.247. The molecular weight excluding hydrogens is 270 g/mol. The first-order valence-corrected chi connectivity index (χ1v) is 7.76. The number of nitrogens with zero attached hydrogens (tertiary/aromatic N) is 2. The van der Waals surface area contributed by atoms with Gasteiger partial charge in [0.25, 0.3) is 0 Å². The Bertz CT molecular complexity index is 514. The van der Waals surface area contributed by atoms with E-state index in [2.05, 4.69) is 4.98 Å². The van der Waals surface area contributed by atoms with E-state index < -0.39 is 6.03 Å². The molecule has 0 aromatic carbocycles. The number of rotatable bonds is 3. The molecule has 1 unspecified atom stereocenters. The molecule has 1 aromatic heterocycles. The fraction of sp³-hybridized carbons (Fsp3) is 0.733. The average Bonchev–Trinajstić information content (AvgIpc) is 3.14. The van der Waals surface area contributed by atoms with Crippen molar-refractivity contribution in [2.75, 3.05) is 20.3 Å². The van der Waals surface area contributed by atoms with Crippen molar-refractivity contribution in [2.24, 2.45) is 5.73 Å². The number of imidazole rings is 1. The van der Waals surface area contributed by atoms with Crippen molar-refractivity contribution in [2.45, 2.75) is 50.4 Å². The number of carbonyl (C=O) groups excluding carboxylic acids is 1. The zero-order chi connectivity index (χ0) is 14.8. The van der Waals surface area contributed by atoms with Crippen LogP contribution in [0, 0.1) is 0 Å². The number of hydrogen-bond acceptors (Lipinski definition) is 4. The van der Waals surface area contributed by atoms with Crippen LogP contribution in [-0.4, -0.2) is 35.9 Å². The fourth-order valence-electron chi connectivity index (χ4n) is 3.60. The minimum Gasteiger partial charge on any atom is -0.468 e. The van der Waals surface area contributed by atoms with E-state index in [4.69, 9.17) is 15.2 Å². The van der Waals surface area contributed by atoms with Crippen LogP contribution in [0.1, 0.15) is 61.7 Å². The summed E-state index contributed by atoms with van der Waals surface area (Å²) < 4.78 is 12.3. The first kappa shape index (κ1) is 14.4. The van der Waals surface area contributed by atoms with E-state index in [1.165, 1.54) is 30.9 Å². The van der Waals surface area contributed by atoms with Gasteiger partial charge in [0, 0.05) is 18.4 Å². The molecule has 21 heavy (non-hydrogen) atoms. The lowest BCUT2D eigenvalue weighted by Crippen LogP contribution is -2.25. The molecule has 2 heterocycles. The standard InChI is InChI=1S/C15H23N3O3/c1-20-15-17-12(11-7-8-21-9-11)13(18(15)14(16)19)10-5-3-2-4-6-10/h10-11H,2-9H2,1H3,(H2,16,19). The van der Waals surface area contributed by atoms with Crippen molar-refractivity contribution < 1.29 is 14.3 Å². The molecule has 1 saturated heterocycles. The molecule has 6 nitrogen and oxygen atoms in total. The van der Waals surface area contributed by atoms with Crippen LogP contribution in [0.4, 0.5) is 4.79 Å². The highest BCUT2D eigenvalue weighted by atomic mass is 16.5. The monoisotopic (exact) mass is 293 g/mol. The van der Waals surface area contributed by atoms with Gasteiger partial charge in [-0.1, -0.05) is 19.3 Å². The van der Waals surface area contributed by atoms with Gasteiger partial charge in [0.05, 0.1) is 25.1 Å². The highest BCUT2D eigenvalue weighted by Crippen LogP contribution is 2.40. The first-order valence-electron chi connectivity index (χ1n) is 7.76. The highest BCUT2D eigenvalue weighted by molar-refractivity contribution is 5.77. The lowest BCUT2D eigenvalue weighted by molar-refractivity contribution is 0.193. The van der Waals surface area contributed by atoms with E-state index in [-0.39, 0.29) is 5.92 Å². The molecule has 3 rings (SSSR count). The zero-order valence-electron chi connectivity index (χ0n) is 12.5. The van der Waals surface area contributed by atoms with Crippen molar-refractivity contribution in [3.05, 3.63) is 11.4 Å². The van der Waals surface area contributed by atoms with E-state index in [0.717, 1.165) is 37.3 Å². The maximum Gasteiger partial charge on any atom is 0.327 e. The summed E-state index contributed by atoms with van der Waals surface area (Å²) in [7, 11) is 1.53. The van der Waals surface area contributed by atoms with Crippen LogP contribution in [0.2, 0.25) is 0 Å². The second kappa shape index (κ2) is 6.05. The zero-order valence-corrected chi connectivity index (χ0v) is 12.5. The summed E-state index contributed by atoms with van der Waals surface area (Å²) in [6, 6.07) is -0.199. The smallest absolute Gasteiger partial charge is 0.327 e. The maximum absolute atomic E-state index is 11.9. The molecule has 0 spiro atoms. The van der Waals surface area contributed by atoms with Crippen LogP contribution in [0.25, 0.3) is 0 Å². The molecule has 6 heteroatoms. The SMILES string of the molecule is COc1nc(C2CCOC2)c(C2CCCCC2)n1C(N)=O. The molecule has 1 saturated carbocycles. The van der Waals surface area contributed by atoms with E-state index in [1.54, 1.807) is 0 Å². The van der Waals surface area contributed by atoms with E-state index in [1.807, 2.05) is 0 Å². The second-order valence-electron chi connectivity index (χ2n) is 5.94. The normalized spacial score (nSPS) is 23.4. The summed E-state index contributed by atoms with van der Waals surface area (Å²) in [5.74, 6) is 0.592. The third-order valence-electron chi connectivity index (χ3n) is 4.62. The van der Waals surface area contributed by atoms with E-state index in [0.29, 0.717) is 18.5 Å². The molecule has 0 radical (unpaired) electrons. The Hall–Kier alpha value is -1.56. The van der Waals surface area contributed by atoms with Gasteiger partial charge < -0.3 is 15.2 Å². The molecule has 116 valence electrons. The number of nitrogens with two attached hydrogens (primary N) is 1. The molecule has 2 N–H and O–H groups in total. The quantitative estimate of drug-likeness (QED) is 0.928. The lowest BCUT2D eigenvalue weighted by Gasteiger charge is -2.24. The fourth-order valence-corrected chi connectivity index (χ4v) is 3.60.